The van der Waals surface area contributed by atoms with Crippen LogP contribution in [0.4, 0.5) is 4.79 Å². The second-order valence-electron chi connectivity index (χ2n) is 14.7. The number of carbonyl (C=O) groups is 5. The number of nitrogens with zero attached hydrogens (tertiary/aromatic N) is 3. The highest BCUT2D eigenvalue weighted by Gasteiger charge is 2.42. The molecule has 0 spiro atoms. The molecule has 0 bridgehead atoms. The number of pyridine rings is 1. The SMILES string of the molecule is Cc1ncc(Cl)cc1C[C@H]1C(=O)NCCCCC=CC[C@H](N(C)C(=O)[C@@H](NC(=O)OC(C)(C)C)C2CC2)C(=O)N[C@@H](CC(C)C)C(=O)N1C. The highest BCUT2D eigenvalue weighted by Crippen LogP contribution is 2.34. The van der Waals surface area contributed by atoms with Crippen LogP contribution in [0.1, 0.15) is 90.8 Å². The zero-order chi connectivity index (χ0) is 36.5. The molecule has 272 valence electrons. The fourth-order valence-corrected chi connectivity index (χ4v) is 6.03. The number of rotatable bonds is 8. The van der Waals surface area contributed by atoms with E-state index in [0.29, 0.717) is 23.7 Å². The summed E-state index contributed by atoms with van der Waals surface area (Å²) in [6.07, 6.45) is 9.17. The summed E-state index contributed by atoms with van der Waals surface area (Å²) in [7, 11) is 3.12. The Kier molecular flexibility index (Phi) is 14.5. The van der Waals surface area contributed by atoms with Crippen molar-refractivity contribution in [2.75, 3.05) is 20.6 Å². The summed E-state index contributed by atoms with van der Waals surface area (Å²) >= 11 is 6.24. The van der Waals surface area contributed by atoms with Crippen molar-refractivity contribution in [2.45, 2.75) is 123 Å². The topological polar surface area (TPSA) is 150 Å². The van der Waals surface area contributed by atoms with E-state index in [4.69, 9.17) is 16.3 Å². The van der Waals surface area contributed by atoms with Gasteiger partial charge in [0.2, 0.25) is 23.6 Å². The Morgan fingerprint density at radius 2 is 1.84 bits per heavy atom. The minimum atomic E-state index is -0.964. The van der Waals surface area contributed by atoms with Crippen molar-refractivity contribution < 1.29 is 28.7 Å². The molecule has 2 heterocycles. The van der Waals surface area contributed by atoms with Crippen molar-refractivity contribution in [1.82, 2.24) is 30.7 Å². The van der Waals surface area contributed by atoms with E-state index in [9.17, 15) is 24.0 Å². The van der Waals surface area contributed by atoms with Gasteiger partial charge in [0.1, 0.15) is 29.8 Å². The van der Waals surface area contributed by atoms with Gasteiger partial charge in [-0.3, -0.25) is 24.2 Å². The van der Waals surface area contributed by atoms with Crippen LogP contribution in [0.3, 0.4) is 0 Å². The van der Waals surface area contributed by atoms with Crippen LogP contribution in [0.25, 0.3) is 0 Å². The minimum Gasteiger partial charge on any atom is -0.444 e. The van der Waals surface area contributed by atoms with Crippen molar-refractivity contribution in [2.24, 2.45) is 11.8 Å². The molecule has 0 radical (unpaired) electrons. The molecule has 3 N–H and O–H groups in total. The first kappa shape index (κ1) is 39.8. The van der Waals surface area contributed by atoms with Gasteiger partial charge in [-0.25, -0.2) is 4.79 Å². The number of allylic oxidation sites excluding steroid dienone is 1. The van der Waals surface area contributed by atoms with E-state index in [1.165, 1.54) is 16.0 Å². The van der Waals surface area contributed by atoms with Gasteiger partial charge in [0.25, 0.3) is 0 Å². The van der Waals surface area contributed by atoms with E-state index in [2.05, 4.69) is 20.9 Å². The monoisotopic (exact) mass is 702 g/mol. The zero-order valence-electron chi connectivity index (χ0n) is 30.3. The maximum Gasteiger partial charge on any atom is 0.408 e. The number of hydrogen-bond acceptors (Lipinski definition) is 7. The van der Waals surface area contributed by atoms with Crippen molar-refractivity contribution >= 4 is 41.3 Å². The number of nitrogens with one attached hydrogen (secondary N) is 3. The Hall–Kier alpha value is -3.67. The van der Waals surface area contributed by atoms with Gasteiger partial charge in [0.15, 0.2) is 0 Å². The van der Waals surface area contributed by atoms with Crippen LogP contribution in [0.15, 0.2) is 24.4 Å². The summed E-state index contributed by atoms with van der Waals surface area (Å²) in [4.78, 5) is 75.6. The van der Waals surface area contributed by atoms with Crippen molar-refractivity contribution in [3.05, 3.63) is 40.7 Å². The number of likely N-dealkylation sites (N-methyl/N-ethyl adjacent to an activating group) is 2. The van der Waals surface area contributed by atoms with Gasteiger partial charge >= 0.3 is 6.09 Å². The molecule has 1 aliphatic carbocycles. The van der Waals surface area contributed by atoms with E-state index in [1.807, 2.05) is 32.9 Å². The van der Waals surface area contributed by atoms with Crippen LogP contribution in [-0.2, 0) is 30.3 Å². The lowest BCUT2D eigenvalue weighted by atomic mass is 9.98. The van der Waals surface area contributed by atoms with E-state index in [-0.39, 0.29) is 30.6 Å². The first-order valence-corrected chi connectivity index (χ1v) is 17.7. The molecular weight excluding hydrogens is 648 g/mol. The molecule has 3 rings (SSSR count). The van der Waals surface area contributed by atoms with Crippen LogP contribution in [-0.4, -0.2) is 94.9 Å². The Morgan fingerprint density at radius 3 is 2.47 bits per heavy atom. The Balaban J connectivity index is 1.93. The van der Waals surface area contributed by atoms with Gasteiger partial charge < -0.3 is 30.5 Å². The molecule has 12 nitrogen and oxygen atoms in total. The number of alkyl carbamates (subject to hydrolysis) is 1. The third kappa shape index (κ3) is 12.3. The molecule has 1 aromatic heterocycles. The minimum absolute atomic E-state index is 0.0230. The molecule has 2 aliphatic rings. The van der Waals surface area contributed by atoms with Crippen LogP contribution in [0.2, 0.25) is 5.02 Å². The van der Waals surface area contributed by atoms with Gasteiger partial charge in [0, 0.05) is 39.0 Å². The van der Waals surface area contributed by atoms with Crippen LogP contribution in [0.5, 0.6) is 0 Å². The summed E-state index contributed by atoms with van der Waals surface area (Å²) < 4.78 is 5.42. The Labute approximate surface area is 296 Å². The number of aryl methyl sites for hydroxylation is 1. The largest absolute Gasteiger partial charge is 0.444 e. The first-order chi connectivity index (χ1) is 23.0. The quantitative estimate of drug-likeness (QED) is 0.342. The summed E-state index contributed by atoms with van der Waals surface area (Å²) in [5.74, 6) is -1.66. The fourth-order valence-electron chi connectivity index (χ4n) is 5.85. The summed E-state index contributed by atoms with van der Waals surface area (Å²) in [5.41, 5.74) is 0.696. The Bertz CT molecular complexity index is 1370. The molecule has 49 heavy (non-hydrogen) atoms. The van der Waals surface area contributed by atoms with Crippen LogP contribution < -0.4 is 16.0 Å². The number of hydrogen-bond donors (Lipinski definition) is 3. The highest BCUT2D eigenvalue weighted by molar-refractivity contribution is 6.30. The van der Waals surface area contributed by atoms with Gasteiger partial charge in [0.05, 0.1) is 5.02 Å². The maximum atomic E-state index is 14.2. The predicted octanol–water partition coefficient (Wildman–Crippen LogP) is 4.32. The molecule has 1 saturated carbocycles. The molecule has 1 fully saturated rings. The highest BCUT2D eigenvalue weighted by atomic mass is 35.5. The number of amides is 5. The normalized spacial score (nSPS) is 22.3. The standard InChI is InChI=1S/C36H55ClN6O6/c1-22(2)18-27-33(46)43(8)29(20-25-19-26(37)21-39-23(25)3)31(44)38-17-13-11-9-10-12-14-28(32(45)40-27)42(7)34(47)30(24-15-16-24)41-35(48)49-36(4,5)6/h10,12,19,21-22,24,27-30H,9,11,13-18,20H2,1-8H3,(H,38,44)(H,40,45)(H,41,48)/t27-,28-,29-,30-/m0/s1. The van der Waals surface area contributed by atoms with E-state index < -0.39 is 53.6 Å². The third-order valence-corrected chi connectivity index (χ3v) is 8.99. The maximum absolute atomic E-state index is 14.2. The first-order valence-electron chi connectivity index (χ1n) is 17.4. The van der Waals surface area contributed by atoms with Crippen LogP contribution >= 0.6 is 11.6 Å². The zero-order valence-corrected chi connectivity index (χ0v) is 31.1. The lowest BCUT2D eigenvalue weighted by molar-refractivity contribution is -0.144. The predicted molar refractivity (Wildman–Crippen MR) is 189 cm³/mol. The molecule has 1 aromatic rings. The van der Waals surface area contributed by atoms with Crippen molar-refractivity contribution in [3.63, 3.8) is 0 Å². The number of ether oxygens (including phenoxy) is 1. The van der Waals surface area contributed by atoms with Gasteiger partial charge in [-0.15, -0.1) is 0 Å². The molecule has 5 amide bonds. The molecular formula is C36H55ClN6O6. The fraction of sp³-hybridized carbons (Fsp3) is 0.667. The average molecular weight is 703 g/mol. The van der Waals surface area contributed by atoms with Gasteiger partial charge in [-0.05, 0) is 96.1 Å². The lowest BCUT2D eigenvalue weighted by Crippen LogP contribution is -2.59. The molecule has 13 heteroatoms. The summed E-state index contributed by atoms with van der Waals surface area (Å²) in [6.45, 7) is 11.4. The van der Waals surface area contributed by atoms with E-state index >= 15 is 0 Å². The number of halogens is 1. The van der Waals surface area contributed by atoms with Crippen molar-refractivity contribution in [1.29, 1.82) is 0 Å². The lowest BCUT2D eigenvalue weighted by Gasteiger charge is -2.34. The molecule has 0 unspecified atom stereocenters. The second kappa shape index (κ2) is 17.8. The number of aromatic nitrogens is 1. The molecule has 0 saturated heterocycles. The molecule has 4 atom stereocenters. The van der Waals surface area contributed by atoms with Crippen molar-refractivity contribution in [3.8, 4) is 0 Å². The molecule has 0 aromatic carbocycles. The smallest absolute Gasteiger partial charge is 0.408 e. The van der Waals surface area contributed by atoms with Crippen LogP contribution in [0, 0.1) is 18.8 Å². The average Bonchev–Trinajstić information content (AvgIpc) is 3.85. The third-order valence-electron chi connectivity index (χ3n) is 8.78. The van der Waals surface area contributed by atoms with Gasteiger partial charge in [-0.1, -0.05) is 37.6 Å². The molecule has 1 aliphatic heterocycles. The van der Waals surface area contributed by atoms with E-state index in [1.54, 1.807) is 40.9 Å². The van der Waals surface area contributed by atoms with Gasteiger partial charge in [-0.2, -0.15) is 0 Å². The van der Waals surface area contributed by atoms with E-state index in [0.717, 1.165) is 37.7 Å². The Morgan fingerprint density at radius 1 is 1.14 bits per heavy atom. The second-order valence-corrected chi connectivity index (χ2v) is 15.1. The summed E-state index contributed by atoms with van der Waals surface area (Å²) in [6, 6.07) is -1.90. The number of carbonyl (C=O) groups excluding carboxylic acids is 5. The summed E-state index contributed by atoms with van der Waals surface area (Å²) in [5, 5.41) is 9.09.